The minimum atomic E-state index is -1.26. The highest BCUT2D eigenvalue weighted by molar-refractivity contribution is 5.86. The number of hydrogen-bond acceptors (Lipinski definition) is 4. The molecule has 1 heterocycles. The first-order chi connectivity index (χ1) is 10.6. The standard InChI is InChI=1S/C15H13FN2O4/c16-10-3-1-2-4-12(10)18-14(7-11(17-18)15(20)21)22-8-13(19)9-5-6-9/h1-4,7,9H,5-6,8H2,(H,20,21). The van der Waals surface area contributed by atoms with Gasteiger partial charge in [0.1, 0.15) is 18.1 Å². The van der Waals surface area contributed by atoms with Crippen LogP contribution < -0.4 is 4.74 Å². The van der Waals surface area contributed by atoms with Crippen molar-refractivity contribution >= 4 is 11.8 Å². The quantitative estimate of drug-likeness (QED) is 0.883. The van der Waals surface area contributed by atoms with E-state index in [1.807, 2.05) is 0 Å². The van der Waals surface area contributed by atoms with E-state index in [0.717, 1.165) is 17.5 Å². The van der Waals surface area contributed by atoms with E-state index in [1.165, 1.54) is 24.3 Å². The second-order valence-electron chi connectivity index (χ2n) is 5.07. The maximum Gasteiger partial charge on any atom is 0.356 e. The van der Waals surface area contributed by atoms with Gasteiger partial charge in [-0.3, -0.25) is 4.79 Å². The van der Waals surface area contributed by atoms with Crippen molar-refractivity contribution < 1.29 is 23.8 Å². The van der Waals surface area contributed by atoms with Crippen LogP contribution >= 0.6 is 0 Å². The maximum atomic E-state index is 13.9. The van der Waals surface area contributed by atoms with E-state index in [9.17, 15) is 14.0 Å². The molecule has 1 aromatic carbocycles. The number of benzene rings is 1. The molecule has 0 radical (unpaired) electrons. The zero-order valence-electron chi connectivity index (χ0n) is 11.5. The smallest absolute Gasteiger partial charge is 0.356 e. The van der Waals surface area contributed by atoms with Crippen molar-refractivity contribution in [2.24, 2.45) is 5.92 Å². The van der Waals surface area contributed by atoms with Gasteiger partial charge in [-0.2, -0.15) is 9.78 Å². The molecule has 0 atom stereocenters. The number of nitrogens with zero attached hydrogens (tertiary/aromatic N) is 2. The maximum absolute atomic E-state index is 13.9. The van der Waals surface area contributed by atoms with Crippen LogP contribution in [0.3, 0.4) is 0 Å². The number of rotatable bonds is 6. The average Bonchev–Trinajstić information content (AvgIpc) is 3.25. The molecular formula is C15H13FN2O4. The second-order valence-corrected chi connectivity index (χ2v) is 5.07. The molecule has 0 unspecified atom stereocenters. The Morgan fingerprint density at radius 1 is 1.36 bits per heavy atom. The first kappa shape index (κ1) is 14.2. The molecule has 7 heteroatoms. The van der Waals surface area contributed by atoms with Crippen LogP contribution in [0.2, 0.25) is 0 Å². The van der Waals surface area contributed by atoms with Crippen LogP contribution in [0.1, 0.15) is 23.3 Å². The number of hydrogen-bond donors (Lipinski definition) is 1. The average molecular weight is 304 g/mol. The van der Waals surface area contributed by atoms with Crippen molar-refractivity contribution in [3.63, 3.8) is 0 Å². The molecule has 1 aliphatic rings. The molecule has 1 aromatic heterocycles. The third kappa shape index (κ3) is 2.83. The van der Waals surface area contributed by atoms with Crippen molar-refractivity contribution in [1.82, 2.24) is 9.78 Å². The molecule has 0 saturated heterocycles. The number of aromatic carboxylic acids is 1. The Bertz CT molecular complexity index is 737. The van der Waals surface area contributed by atoms with Crippen molar-refractivity contribution in [1.29, 1.82) is 0 Å². The summed E-state index contributed by atoms with van der Waals surface area (Å²) < 4.78 is 20.3. The van der Waals surface area contributed by atoms with Gasteiger partial charge in [0.05, 0.1) is 0 Å². The van der Waals surface area contributed by atoms with E-state index in [0.29, 0.717) is 0 Å². The summed E-state index contributed by atoms with van der Waals surface area (Å²) in [5.74, 6) is -1.81. The molecule has 2 aromatic rings. The van der Waals surface area contributed by atoms with Crippen molar-refractivity contribution in [2.45, 2.75) is 12.8 Å². The van der Waals surface area contributed by atoms with Crippen molar-refractivity contribution in [3.05, 3.63) is 41.8 Å². The number of carboxylic acids is 1. The normalized spacial score (nSPS) is 13.9. The summed E-state index contributed by atoms with van der Waals surface area (Å²) in [6.45, 7) is -0.177. The number of carbonyl (C=O) groups is 2. The van der Waals surface area contributed by atoms with Gasteiger partial charge in [-0.15, -0.1) is 0 Å². The predicted octanol–water partition coefficient (Wildman–Crippen LogP) is 2.07. The van der Waals surface area contributed by atoms with Crippen LogP contribution in [0, 0.1) is 11.7 Å². The van der Waals surface area contributed by atoms with Gasteiger partial charge >= 0.3 is 5.97 Å². The van der Waals surface area contributed by atoms with Gasteiger partial charge in [0, 0.05) is 12.0 Å². The summed E-state index contributed by atoms with van der Waals surface area (Å²) in [5.41, 5.74) is -0.221. The van der Waals surface area contributed by atoms with E-state index in [2.05, 4.69) is 5.10 Å². The van der Waals surface area contributed by atoms with E-state index in [1.54, 1.807) is 6.07 Å². The Labute approximate surface area is 125 Å². The van der Waals surface area contributed by atoms with Crippen molar-refractivity contribution in [2.75, 3.05) is 6.61 Å². The molecule has 0 bridgehead atoms. The van der Waals surface area contributed by atoms with Gasteiger partial charge in [-0.1, -0.05) is 12.1 Å². The molecule has 0 spiro atoms. The first-order valence-electron chi connectivity index (χ1n) is 6.80. The Kier molecular flexibility index (Phi) is 3.62. The molecular weight excluding hydrogens is 291 g/mol. The van der Waals surface area contributed by atoms with Gasteiger partial charge in [0.25, 0.3) is 0 Å². The zero-order valence-corrected chi connectivity index (χ0v) is 11.5. The fourth-order valence-corrected chi connectivity index (χ4v) is 2.04. The van der Waals surface area contributed by atoms with Crippen LogP contribution in [0.25, 0.3) is 5.69 Å². The molecule has 1 fully saturated rings. The number of Topliss-reactive ketones (excluding diaryl/α,β-unsaturated/α-hetero) is 1. The first-order valence-corrected chi connectivity index (χ1v) is 6.80. The minimum absolute atomic E-state index is 0.0245. The molecule has 1 aliphatic carbocycles. The fraction of sp³-hybridized carbons (Fsp3) is 0.267. The molecule has 0 amide bonds. The third-order valence-corrected chi connectivity index (χ3v) is 3.37. The van der Waals surface area contributed by atoms with Gasteiger partial charge in [-0.25, -0.2) is 9.18 Å². The Balaban J connectivity index is 1.91. The van der Waals surface area contributed by atoms with E-state index in [-0.39, 0.29) is 35.6 Å². The molecule has 6 nitrogen and oxygen atoms in total. The zero-order chi connectivity index (χ0) is 15.7. The molecule has 22 heavy (non-hydrogen) atoms. The lowest BCUT2D eigenvalue weighted by Crippen LogP contribution is -2.15. The summed E-state index contributed by atoms with van der Waals surface area (Å²) >= 11 is 0. The number of para-hydroxylation sites is 1. The number of aromatic nitrogens is 2. The number of ether oxygens (including phenoxy) is 1. The molecule has 1 saturated carbocycles. The van der Waals surface area contributed by atoms with Crippen LogP contribution in [0.5, 0.6) is 5.88 Å². The lowest BCUT2D eigenvalue weighted by Gasteiger charge is -2.09. The number of carbonyl (C=O) groups excluding carboxylic acids is 1. The summed E-state index contributed by atoms with van der Waals surface area (Å²) in [6.07, 6.45) is 1.71. The minimum Gasteiger partial charge on any atom is -0.476 e. The van der Waals surface area contributed by atoms with Crippen LogP contribution in [0.4, 0.5) is 4.39 Å². The summed E-state index contributed by atoms with van der Waals surface area (Å²) in [7, 11) is 0. The van der Waals surface area contributed by atoms with Gasteiger partial charge < -0.3 is 9.84 Å². The van der Waals surface area contributed by atoms with Gasteiger partial charge in [0.2, 0.25) is 5.88 Å². The fourth-order valence-electron chi connectivity index (χ4n) is 2.04. The van der Waals surface area contributed by atoms with E-state index < -0.39 is 11.8 Å². The van der Waals surface area contributed by atoms with E-state index in [4.69, 9.17) is 9.84 Å². The molecule has 0 aliphatic heterocycles. The summed E-state index contributed by atoms with van der Waals surface area (Å²) in [6, 6.07) is 6.96. The molecule has 1 N–H and O–H groups in total. The number of carboxylic acid groups (broad SMARTS) is 1. The second kappa shape index (κ2) is 5.59. The topological polar surface area (TPSA) is 81.4 Å². The third-order valence-electron chi connectivity index (χ3n) is 3.37. The SMILES string of the molecule is O=C(O)c1cc(OCC(=O)C2CC2)n(-c2ccccc2F)n1. The van der Waals surface area contributed by atoms with Crippen LogP contribution in [0.15, 0.2) is 30.3 Å². The lowest BCUT2D eigenvalue weighted by atomic mass is 10.3. The number of ketones is 1. The van der Waals surface area contributed by atoms with Gasteiger partial charge in [-0.05, 0) is 25.0 Å². The number of halogens is 1. The van der Waals surface area contributed by atoms with Crippen LogP contribution in [-0.2, 0) is 4.79 Å². The van der Waals surface area contributed by atoms with Crippen molar-refractivity contribution in [3.8, 4) is 11.6 Å². The largest absolute Gasteiger partial charge is 0.476 e. The summed E-state index contributed by atoms with van der Waals surface area (Å²) in [5, 5.41) is 12.8. The Hall–Kier alpha value is -2.70. The highest BCUT2D eigenvalue weighted by Gasteiger charge is 2.30. The monoisotopic (exact) mass is 304 g/mol. The highest BCUT2D eigenvalue weighted by Crippen LogP contribution is 2.30. The van der Waals surface area contributed by atoms with E-state index >= 15 is 0 Å². The van der Waals surface area contributed by atoms with Gasteiger partial charge in [0.15, 0.2) is 11.5 Å². The predicted molar refractivity (Wildman–Crippen MR) is 73.7 cm³/mol. The lowest BCUT2D eigenvalue weighted by molar-refractivity contribution is -0.122. The highest BCUT2D eigenvalue weighted by atomic mass is 19.1. The molecule has 114 valence electrons. The Morgan fingerprint density at radius 3 is 2.73 bits per heavy atom. The summed E-state index contributed by atoms with van der Waals surface area (Å²) in [4.78, 5) is 22.7. The Morgan fingerprint density at radius 2 is 2.09 bits per heavy atom. The molecule has 3 rings (SSSR count). The van der Waals surface area contributed by atoms with Crippen LogP contribution in [-0.4, -0.2) is 33.2 Å².